The molecule has 1 radical (unpaired) electrons. The summed E-state index contributed by atoms with van der Waals surface area (Å²) >= 11 is 0. The Labute approximate surface area is 328 Å². The monoisotopic (exact) mass is 867 g/mol. The summed E-state index contributed by atoms with van der Waals surface area (Å²) < 4.78 is 30.0. The molecule has 0 aliphatic rings. The fourth-order valence-corrected chi connectivity index (χ4v) is 6.53. The van der Waals surface area contributed by atoms with Crippen LogP contribution in [-0.4, -0.2) is 14.5 Å². The van der Waals surface area contributed by atoms with Gasteiger partial charge in [0.05, 0.1) is 22.5 Å². The summed E-state index contributed by atoms with van der Waals surface area (Å²) in [6, 6.07) is 56.2. The van der Waals surface area contributed by atoms with Crippen LogP contribution in [0.5, 0.6) is 0 Å². The Balaban J connectivity index is 0.000000238. The molecule has 0 aliphatic carbocycles. The second kappa shape index (κ2) is 15.8. The van der Waals surface area contributed by atoms with Crippen molar-refractivity contribution in [2.45, 2.75) is 26.6 Å². The number of rotatable bonds is 6. The van der Waals surface area contributed by atoms with Crippen molar-refractivity contribution in [3.05, 3.63) is 187 Å². The summed E-state index contributed by atoms with van der Waals surface area (Å²) in [7, 11) is 0. The number of nitrogens with zero attached hydrogens (tertiary/aromatic N) is 3. The van der Waals surface area contributed by atoms with Crippen LogP contribution in [0.2, 0.25) is 0 Å². The maximum absolute atomic E-state index is 7.23. The molecule has 0 atom stereocenters. The summed E-state index contributed by atoms with van der Waals surface area (Å²) in [4.78, 5) is 9.32. The molecule has 0 fully saturated rings. The molecule has 0 N–H and O–H groups in total. The normalized spacial score (nSPS) is 12.0. The number of hydrogen-bond donors (Lipinski definition) is 0. The number of furan rings is 1. The molecule has 0 saturated heterocycles. The fourth-order valence-electron chi connectivity index (χ4n) is 6.53. The van der Waals surface area contributed by atoms with E-state index >= 15 is 0 Å². The molecule has 0 amide bonds. The first kappa shape index (κ1) is 31.8. The van der Waals surface area contributed by atoms with Crippen molar-refractivity contribution in [2.24, 2.45) is 0 Å². The zero-order valence-electron chi connectivity index (χ0n) is 32.2. The van der Waals surface area contributed by atoms with Crippen LogP contribution in [0, 0.1) is 19.2 Å². The van der Waals surface area contributed by atoms with Gasteiger partial charge >= 0.3 is 0 Å². The van der Waals surface area contributed by atoms with Crippen molar-refractivity contribution in [3.8, 4) is 50.6 Å². The van der Waals surface area contributed by atoms with Crippen LogP contribution in [0.1, 0.15) is 35.0 Å². The van der Waals surface area contributed by atoms with Crippen LogP contribution in [-0.2, 0) is 20.1 Å². The van der Waals surface area contributed by atoms with Crippen LogP contribution >= 0.6 is 0 Å². The number of fused-ring (bicyclic) bond motifs is 2. The second-order valence-electron chi connectivity index (χ2n) is 12.9. The van der Waals surface area contributed by atoms with Gasteiger partial charge in [0.25, 0.3) is 0 Å². The van der Waals surface area contributed by atoms with E-state index in [0.717, 1.165) is 72.6 Å². The van der Waals surface area contributed by atoms with Gasteiger partial charge < -0.3 is 14.0 Å². The number of pyridine rings is 1. The molecule has 9 aromatic rings. The van der Waals surface area contributed by atoms with Crippen LogP contribution in [0.4, 0.5) is 0 Å². The molecule has 4 nitrogen and oxygen atoms in total. The summed E-state index contributed by atoms with van der Waals surface area (Å²) in [5.74, 6) is 1.22. The quantitative estimate of drug-likeness (QED) is 0.156. The van der Waals surface area contributed by atoms with E-state index in [1.807, 2.05) is 30.3 Å². The topological polar surface area (TPSA) is 43.9 Å². The molecule has 3 aromatic heterocycles. The molecule has 0 aliphatic heterocycles. The molecule has 0 unspecified atom stereocenters. The van der Waals surface area contributed by atoms with E-state index in [1.165, 1.54) is 11.8 Å². The molecule has 6 aromatic carbocycles. The van der Waals surface area contributed by atoms with Crippen LogP contribution < -0.4 is 0 Å². The van der Waals surface area contributed by atoms with Gasteiger partial charge in [0.1, 0.15) is 0 Å². The van der Waals surface area contributed by atoms with Gasteiger partial charge in [-0.2, -0.15) is 0 Å². The smallest absolute Gasteiger partial charge is 0.0774 e. The molecule has 0 spiro atoms. The van der Waals surface area contributed by atoms with Gasteiger partial charge in [0.2, 0.25) is 0 Å². The van der Waals surface area contributed by atoms with Gasteiger partial charge in [-0.1, -0.05) is 152 Å². The first-order chi connectivity index (χ1) is 26.8. The van der Waals surface area contributed by atoms with E-state index in [2.05, 4.69) is 145 Å². The summed E-state index contributed by atoms with van der Waals surface area (Å²) in [6.45, 7) is 2.33. The minimum Gasteiger partial charge on any atom is -0.557 e. The first-order valence-corrected chi connectivity index (χ1v) is 17.4. The van der Waals surface area contributed by atoms with Crippen molar-refractivity contribution >= 4 is 22.0 Å². The number of imidazole rings is 1. The Bertz CT molecular complexity index is 2650. The van der Waals surface area contributed by atoms with E-state index in [-0.39, 0.29) is 25.7 Å². The van der Waals surface area contributed by atoms with E-state index in [1.54, 1.807) is 18.2 Å². The molecule has 5 heteroatoms. The van der Waals surface area contributed by atoms with Crippen molar-refractivity contribution in [1.29, 1.82) is 0 Å². The van der Waals surface area contributed by atoms with Crippen LogP contribution in [0.15, 0.2) is 168 Å². The number of aryl methyl sites for hydroxylation is 1. The third-order valence-electron chi connectivity index (χ3n) is 9.16. The molecule has 0 saturated carbocycles. The van der Waals surface area contributed by atoms with Gasteiger partial charge in [0.15, 0.2) is 0 Å². The summed E-state index contributed by atoms with van der Waals surface area (Å²) in [5.41, 5.74) is 12.4. The van der Waals surface area contributed by atoms with Gasteiger partial charge in [-0.05, 0) is 47.3 Å². The Morgan fingerprint density at radius 2 is 1.42 bits per heavy atom. The predicted octanol–water partition coefficient (Wildman–Crippen LogP) is 12.6. The Hall–Kier alpha value is -5.87. The zero-order valence-corrected chi connectivity index (χ0v) is 31.6. The van der Waals surface area contributed by atoms with Crippen LogP contribution in [0.25, 0.3) is 72.6 Å². The summed E-state index contributed by atoms with van der Waals surface area (Å²) in [6.07, 6.45) is 4.62. The Kier molecular flexibility index (Phi) is 9.49. The maximum atomic E-state index is 7.23. The van der Waals surface area contributed by atoms with Crippen molar-refractivity contribution in [3.63, 3.8) is 0 Å². The number of hydrogen-bond acceptors (Lipinski definition) is 3. The van der Waals surface area contributed by atoms with E-state index in [9.17, 15) is 0 Å². The van der Waals surface area contributed by atoms with Crippen molar-refractivity contribution in [2.75, 3.05) is 0 Å². The van der Waals surface area contributed by atoms with Crippen LogP contribution in [0.3, 0.4) is 0 Å². The third-order valence-corrected chi connectivity index (χ3v) is 9.16. The van der Waals surface area contributed by atoms with E-state index in [0.29, 0.717) is 5.92 Å². The molecule has 3 heterocycles. The average Bonchev–Trinajstić information content (AvgIpc) is 3.83. The molecule has 9 rings (SSSR count). The van der Waals surface area contributed by atoms with Crippen molar-refractivity contribution < 1.29 is 28.6 Å². The number of para-hydroxylation sites is 3. The fraction of sp³-hybridized carbons (Fsp3) is 0.0833. The SMILES string of the molecule is CC(C)c1ccc2o[c-]c(-c3nc4ccccc4n3-c3c(-c4ccccc4)cccc3-c3ccccc3)c2c1.[2H]C([2H])([2H])c1ccc(-c2[c-]cccc2)nc1.[Ir]. The molecule has 261 valence electrons. The van der Waals surface area contributed by atoms with Crippen molar-refractivity contribution in [1.82, 2.24) is 14.5 Å². The Morgan fingerprint density at radius 3 is 2.06 bits per heavy atom. The second-order valence-corrected chi connectivity index (χ2v) is 12.9. The molecular formula is C48H37IrN3O-2. The molecule has 0 bridgehead atoms. The van der Waals surface area contributed by atoms with E-state index < -0.39 is 6.85 Å². The van der Waals surface area contributed by atoms with E-state index in [4.69, 9.17) is 13.5 Å². The minimum absolute atomic E-state index is 0. The average molecular weight is 867 g/mol. The molecule has 53 heavy (non-hydrogen) atoms. The standard InChI is InChI=1S/C36H27N2O.C12H10N.Ir/c1-24(2)27-20-21-34-30(22-27)31(23-39-34)36-37-32-18-9-10-19-33(32)38(36)35-28(25-12-5-3-6-13-25)16-11-17-29(35)26-14-7-4-8-15-26;1-10-7-8-12(13-9-10)11-5-3-2-4-6-11;/h3-22,24H,1-2H3;2-5,7-9H,1H3;/q2*-1;/i;1D3;. The van der Waals surface area contributed by atoms with Gasteiger partial charge in [0, 0.05) is 53.4 Å². The largest absolute Gasteiger partial charge is 0.557 e. The maximum Gasteiger partial charge on any atom is 0.0774 e. The van der Waals surface area contributed by atoms with Gasteiger partial charge in [-0.3, -0.25) is 4.98 Å². The summed E-state index contributed by atoms with van der Waals surface area (Å²) in [5, 5.41) is 1.02. The predicted molar refractivity (Wildman–Crippen MR) is 213 cm³/mol. The number of aromatic nitrogens is 3. The third kappa shape index (κ3) is 7.27. The number of benzene rings is 6. The zero-order chi connectivity index (χ0) is 37.9. The van der Waals surface area contributed by atoms with Gasteiger partial charge in [-0.15, -0.1) is 35.9 Å². The van der Waals surface area contributed by atoms with Gasteiger partial charge in [-0.25, -0.2) is 0 Å². The molecular weight excluding hydrogens is 827 g/mol. The Morgan fingerprint density at radius 1 is 0.717 bits per heavy atom. The minimum atomic E-state index is -2.09. The first-order valence-electron chi connectivity index (χ1n) is 18.9.